The summed E-state index contributed by atoms with van der Waals surface area (Å²) in [5.74, 6) is 0.782. The van der Waals surface area contributed by atoms with Crippen LogP contribution in [-0.2, 0) is 6.54 Å². The highest BCUT2D eigenvalue weighted by atomic mass is 16.5. The second-order valence-electron chi connectivity index (χ2n) is 7.84. The average Bonchev–Trinajstić information content (AvgIpc) is 2.91. The Morgan fingerprint density at radius 1 is 1.00 bits per heavy atom. The van der Waals surface area contributed by atoms with Crippen LogP contribution < -0.4 is 20.0 Å². The van der Waals surface area contributed by atoms with Crippen LogP contribution in [0.5, 0.6) is 5.75 Å². The van der Waals surface area contributed by atoms with Gasteiger partial charge in [-0.25, -0.2) is 15.3 Å². The molecule has 1 aromatic heterocycles. The van der Waals surface area contributed by atoms with E-state index in [1.165, 1.54) is 0 Å². The van der Waals surface area contributed by atoms with Crippen molar-refractivity contribution in [2.24, 2.45) is 0 Å². The lowest BCUT2D eigenvalue weighted by Gasteiger charge is -2.38. The highest BCUT2D eigenvalue weighted by molar-refractivity contribution is 5.93. The van der Waals surface area contributed by atoms with Gasteiger partial charge in [0.25, 0.3) is 5.91 Å². The number of methoxy groups -OCH3 is 1. The highest BCUT2D eigenvalue weighted by Crippen LogP contribution is 2.28. The van der Waals surface area contributed by atoms with Gasteiger partial charge in [-0.15, -0.1) is 0 Å². The molecule has 2 aromatic carbocycles. The van der Waals surface area contributed by atoms with Crippen molar-refractivity contribution in [1.29, 1.82) is 0 Å². The summed E-state index contributed by atoms with van der Waals surface area (Å²) in [7, 11) is 1.66. The van der Waals surface area contributed by atoms with Gasteiger partial charge in [-0.2, -0.15) is 0 Å². The number of aromatic nitrogens is 1. The molecule has 2 heterocycles. The van der Waals surface area contributed by atoms with Crippen LogP contribution in [0.4, 0.5) is 16.3 Å². The molecule has 0 unspecified atom stereocenters. The Morgan fingerprint density at radius 3 is 2.35 bits per heavy atom. The predicted molar refractivity (Wildman–Crippen MR) is 128 cm³/mol. The molecule has 9 heteroatoms. The number of piperazine rings is 1. The van der Waals surface area contributed by atoms with Crippen LogP contribution in [0.15, 0.2) is 72.9 Å². The number of nitrogens with zero attached hydrogens (tertiary/aromatic N) is 4. The number of nitrogens with one attached hydrogen (secondary N) is 1. The lowest BCUT2D eigenvalue weighted by molar-refractivity contribution is 0.0706. The van der Waals surface area contributed by atoms with E-state index in [0.717, 1.165) is 17.0 Å². The molecule has 3 aromatic rings. The minimum Gasteiger partial charge on any atom is -0.495 e. The molecule has 34 heavy (non-hydrogen) atoms. The number of para-hydroxylation sites is 2. The molecule has 0 radical (unpaired) electrons. The standard InChI is InChI=1S/C25H27N5O4/c1-34-22-7-3-2-6-21(22)28-14-16-29(17-15-28)25(32)30(23-8-4-5-13-26-23)18-19-9-11-20(12-10-19)24(31)27-33/h2-13,33H,14-18H2,1H3,(H,27,31). The predicted octanol–water partition coefficient (Wildman–Crippen LogP) is 3.16. The fraction of sp³-hybridized carbons (Fsp3) is 0.240. The molecule has 0 aliphatic carbocycles. The van der Waals surface area contributed by atoms with Crippen molar-refractivity contribution in [1.82, 2.24) is 15.4 Å². The molecule has 0 saturated carbocycles. The monoisotopic (exact) mass is 461 g/mol. The van der Waals surface area contributed by atoms with Gasteiger partial charge >= 0.3 is 6.03 Å². The van der Waals surface area contributed by atoms with Gasteiger partial charge in [0.1, 0.15) is 11.6 Å². The van der Waals surface area contributed by atoms with Crippen LogP contribution in [0.3, 0.4) is 0 Å². The van der Waals surface area contributed by atoms with Gasteiger partial charge in [0.2, 0.25) is 0 Å². The van der Waals surface area contributed by atoms with E-state index in [1.807, 2.05) is 35.2 Å². The van der Waals surface area contributed by atoms with Crippen molar-refractivity contribution >= 4 is 23.4 Å². The summed E-state index contributed by atoms with van der Waals surface area (Å²) in [6, 6.07) is 19.9. The molecule has 176 valence electrons. The Balaban J connectivity index is 1.49. The summed E-state index contributed by atoms with van der Waals surface area (Å²) in [5.41, 5.74) is 3.80. The summed E-state index contributed by atoms with van der Waals surface area (Å²) >= 11 is 0. The zero-order chi connectivity index (χ0) is 23.9. The maximum Gasteiger partial charge on any atom is 0.326 e. The molecule has 1 fully saturated rings. The number of rotatable bonds is 6. The van der Waals surface area contributed by atoms with E-state index < -0.39 is 5.91 Å². The first-order chi connectivity index (χ1) is 16.6. The molecule has 4 rings (SSSR count). The first-order valence-corrected chi connectivity index (χ1v) is 11.0. The molecule has 1 aliphatic heterocycles. The number of ether oxygens (including phenoxy) is 1. The molecular formula is C25H27N5O4. The Hall–Kier alpha value is -4.11. The Labute approximate surface area is 198 Å². The molecule has 9 nitrogen and oxygen atoms in total. The quantitative estimate of drug-likeness (QED) is 0.432. The number of hydrogen-bond donors (Lipinski definition) is 2. The molecule has 1 aliphatic rings. The van der Waals surface area contributed by atoms with Crippen LogP contribution in [0, 0.1) is 0 Å². The van der Waals surface area contributed by atoms with Crippen molar-refractivity contribution in [2.45, 2.75) is 6.54 Å². The topological polar surface area (TPSA) is 98.2 Å². The summed E-state index contributed by atoms with van der Waals surface area (Å²) in [6.45, 7) is 2.80. The third-order valence-electron chi connectivity index (χ3n) is 5.79. The molecule has 0 spiro atoms. The normalized spacial score (nSPS) is 13.4. The Bertz CT molecular complexity index is 1120. The fourth-order valence-corrected chi connectivity index (χ4v) is 3.97. The van der Waals surface area contributed by atoms with E-state index in [-0.39, 0.29) is 6.03 Å². The van der Waals surface area contributed by atoms with Crippen LogP contribution in [0.1, 0.15) is 15.9 Å². The van der Waals surface area contributed by atoms with Crippen LogP contribution in [0.2, 0.25) is 0 Å². The minimum absolute atomic E-state index is 0.129. The van der Waals surface area contributed by atoms with Crippen molar-refractivity contribution in [3.8, 4) is 5.75 Å². The van der Waals surface area contributed by atoms with Crippen molar-refractivity contribution < 1.29 is 19.5 Å². The summed E-state index contributed by atoms with van der Waals surface area (Å²) in [4.78, 5) is 35.2. The Kier molecular flexibility index (Phi) is 7.24. The maximum absolute atomic E-state index is 13.6. The van der Waals surface area contributed by atoms with E-state index in [4.69, 9.17) is 9.94 Å². The third-order valence-corrected chi connectivity index (χ3v) is 5.79. The molecular weight excluding hydrogens is 434 g/mol. The average molecular weight is 462 g/mol. The van der Waals surface area contributed by atoms with Gasteiger partial charge in [-0.3, -0.25) is 14.9 Å². The van der Waals surface area contributed by atoms with Gasteiger partial charge in [-0.05, 0) is 42.0 Å². The van der Waals surface area contributed by atoms with E-state index in [1.54, 1.807) is 60.1 Å². The fourth-order valence-electron chi connectivity index (χ4n) is 3.97. The highest BCUT2D eigenvalue weighted by Gasteiger charge is 2.28. The van der Waals surface area contributed by atoms with Gasteiger partial charge in [0, 0.05) is 37.9 Å². The summed E-state index contributed by atoms with van der Waals surface area (Å²) in [6.07, 6.45) is 1.66. The number of amides is 3. The molecule has 0 atom stereocenters. The van der Waals surface area contributed by atoms with E-state index in [2.05, 4.69) is 9.88 Å². The number of urea groups is 1. The molecule has 3 amide bonds. The minimum atomic E-state index is -0.586. The molecule has 0 bridgehead atoms. The number of benzene rings is 2. The summed E-state index contributed by atoms with van der Waals surface area (Å²) < 4.78 is 5.49. The number of carbonyl (C=O) groups excluding carboxylic acids is 2. The van der Waals surface area contributed by atoms with E-state index in [0.29, 0.717) is 44.1 Å². The van der Waals surface area contributed by atoms with E-state index >= 15 is 0 Å². The van der Waals surface area contributed by atoms with Crippen LogP contribution in [-0.4, -0.2) is 60.3 Å². The lowest BCUT2D eigenvalue weighted by atomic mass is 10.1. The number of anilines is 2. The van der Waals surface area contributed by atoms with Crippen LogP contribution in [0.25, 0.3) is 0 Å². The lowest BCUT2D eigenvalue weighted by Crippen LogP contribution is -2.53. The Morgan fingerprint density at radius 2 is 1.71 bits per heavy atom. The number of hydrogen-bond acceptors (Lipinski definition) is 6. The molecule has 2 N–H and O–H groups in total. The number of hydroxylamine groups is 1. The third kappa shape index (κ3) is 5.10. The van der Waals surface area contributed by atoms with E-state index in [9.17, 15) is 9.59 Å². The van der Waals surface area contributed by atoms with Crippen LogP contribution >= 0.6 is 0 Å². The number of pyridine rings is 1. The van der Waals surface area contributed by atoms with Gasteiger partial charge < -0.3 is 14.5 Å². The number of carbonyl (C=O) groups is 2. The first-order valence-electron chi connectivity index (χ1n) is 11.0. The van der Waals surface area contributed by atoms with Crippen molar-refractivity contribution in [3.05, 3.63) is 84.1 Å². The first kappa shape index (κ1) is 23.1. The smallest absolute Gasteiger partial charge is 0.326 e. The van der Waals surface area contributed by atoms with Gasteiger partial charge in [0.15, 0.2) is 0 Å². The zero-order valence-corrected chi connectivity index (χ0v) is 18.9. The molecule has 1 saturated heterocycles. The second kappa shape index (κ2) is 10.7. The van der Waals surface area contributed by atoms with Gasteiger partial charge in [0.05, 0.1) is 19.3 Å². The SMILES string of the molecule is COc1ccccc1N1CCN(C(=O)N(Cc2ccc(C(=O)NO)cc2)c2ccccn2)CC1. The van der Waals surface area contributed by atoms with Gasteiger partial charge in [-0.1, -0.05) is 30.3 Å². The second-order valence-corrected chi connectivity index (χ2v) is 7.84. The van der Waals surface area contributed by atoms with Crippen molar-refractivity contribution in [3.63, 3.8) is 0 Å². The zero-order valence-electron chi connectivity index (χ0n) is 18.9. The largest absolute Gasteiger partial charge is 0.495 e. The maximum atomic E-state index is 13.6. The summed E-state index contributed by atoms with van der Waals surface area (Å²) in [5, 5.41) is 8.81. The van der Waals surface area contributed by atoms with Crippen molar-refractivity contribution in [2.75, 3.05) is 43.1 Å².